The summed E-state index contributed by atoms with van der Waals surface area (Å²) in [5, 5.41) is 0. The maximum Gasteiger partial charge on any atom is 0.0579 e. The molecule has 1 unspecified atom stereocenters. The van der Waals surface area contributed by atoms with E-state index in [1.807, 2.05) is 0 Å². The predicted octanol–water partition coefficient (Wildman–Crippen LogP) is 1.91. The Hall–Kier alpha value is -0.190. The molecule has 1 aromatic heterocycles. The van der Waals surface area contributed by atoms with Gasteiger partial charge < -0.3 is 5.73 Å². The van der Waals surface area contributed by atoms with Crippen LogP contribution in [-0.2, 0) is 23.0 Å². The molecular weight excluding hydrogens is 214 g/mol. The van der Waals surface area contributed by atoms with E-state index in [0.717, 1.165) is 18.6 Å². The Morgan fingerprint density at radius 1 is 1.43 bits per heavy atom. The summed E-state index contributed by atoms with van der Waals surface area (Å²) in [5.41, 5.74) is 5.36. The van der Waals surface area contributed by atoms with Crippen LogP contribution in [0.2, 0.25) is 0 Å². The highest BCUT2D eigenvalue weighted by molar-refractivity contribution is 7.84. The number of hydrogen-bond donors (Lipinski definition) is 1. The Morgan fingerprint density at radius 3 is 2.71 bits per heavy atom. The zero-order valence-electron chi connectivity index (χ0n) is 8.49. The third-order valence-electron chi connectivity index (χ3n) is 1.95. The molecule has 2 N–H and O–H groups in total. The molecule has 0 bridgehead atoms. The van der Waals surface area contributed by atoms with E-state index in [-0.39, 0.29) is 0 Å². The Labute approximate surface area is 92.0 Å². The van der Waals surface area contributed by atoms with Crippen LogP contribution in [0.25, 0.3) is 0 Å². The average Bonchev–Trinajstić information content (AvgIpc) is 2.62. The van der Waals surface area contributed by atoms with Crippen molar-refractivity contribution in [3.05, 3.63) is 21.9 Å². The number of rotatable bonds is 6. The maximum absolute atomic E-state index is 11.5. The van der Waals surface area contributed by atoms with E-state index in [1.54, 1.807) is 11.3 Å². The topological polar surface area (TPSA) is 43.1 Å². The van der Waals surface area contributed by atoms with Crippen LogP contribution in [-0.4, -0.2) is 16.5 Å². The second-order valence-corrected chi connectivity index (χ2v) is 5.98. The fourth-order valence-electron chi connectivity index (χ4n) is 1.17. The van der Waals surface area contributed by atoms with Gasteiger partial charge in [-0.2, -0.15) is 0 Å². The molecule has 0 aliphatic rings. The number of thiophene rings is 1. The van der Waals surface area contributed by atoms with Crippen molar-refractivity contribution in [3.63, 3.8) is 0 Å². The Balaban J connectivity index is 2.39. The zero-order valence-corrected chi connectivity index (χ0v) is 10.1. The van der Waals surface area contributed by atoms with Crippen molar-refractivity contribution in [2.75, 3.05) is 12.3 Å². The highest BCUT2D eigenvalue weighted by atomic mass is 32.2. The van der Waals surface area contributed by atoms with Crippen molar-refractivity contribution in [1.82, 2.24) is 0 Å². The average molecular weight is 231 g/mol. The summed E-state index contributed by atoms with van der Waals surface area (Å²) >= 11 is 1.77. The molecule has 4 heteroatoms. The molecule has 0 radical (unpaired) electrons. The largest absolute Gasteiger partial charge is 0.330 e. The zero-order chi connectivity index (χ0) is 10.4. The van der Waals surface area contributed by atoms with E-state index in [4.69, 9.17) is 5.73 Å². The lowest BCUT2D eigenvalue weighted by Gasteiger charge is -1.98. The number of hydrogen-bond acceptors (Lipinski definition) is 3. The van der Waals surface area contributed by atoms with Crippen LogP contribution in [0.15, 0.2) is 12.1 Å². The van der Waals surface area contributed by atoms with Crippen molar-refractivity contribution in [2.24, 2.45) is 5.73 Å². The first-order valence-electron chi connectivity index (χ1n) is 4.89. The summed E-state index contributed by atoms with van der Waals surface area (Å²) in [6, 6.07) is 4.21. The highest BCUT2D eigenvalue weighted by Crippen LogP contribution is 2.18. The van der Waals surface area contributed by atoms with Gasteiger partial charge in [-0.15, -0.1) is 11.3 Å². The molecule has 0 fully saturated rings. The van der Waals surface area contributed by atoms with Crippen LogP contribution in [0.5, 0.6) is 0 Å². The van der Waals surface area contributed by atoms with Gasteiger partial charge in [0.25, 0.3) is 0 Å². The van der Waals surface area contributed by atoms with Crippen LogP contribution < -0.4 is 5.73 Å². The van der Waals surface area contributed by atoms with E-state index in [1.165, 1.54) is 9.75 Å². The highest BCUT2D eigenvalue weighted by Gasteiger charge is 2.03. The molecule has 1 rings (SSSR count). The monoisotopic (exact) mass is 231 g/mol. The summed E-state index contributed by atoms with van der Waals surface area (Å²) in [6.07, 6.45) is 1.93. The molecule has 0 amide bonds. The predicted molar refractivity (Wildman–Crippen MR) is 64.1 cm³/mol. The van der Waals surface area contributed by atoms with Gasteiger partial charge in [0.2, 0.25) is 0 Å². The minimum atomic E-state index is -0.729. The molecule has 0 aliphatic carbocycles. The molecule has 0 saturated carbocycles. The molecule has 0 aromatic carbocycles. The number of aryl methyl sites for hydroxylation is 1. The second-order valence-electron chi connectivity index (χ2n) is 3.15. The molecule has 2 nitrogen and oxygen atoms in total. The molecule has 1 heterocycles. The standard InChI is InChI=1S/C10H17NOS2/c1-2-9-4-5-10(13-9)8-14(12)7-3-6-11/h4-5H,2-3,6-8,11H2,1H3. The van der Waals surface area contributed by atoms with Gasteiger partial charge in [-0.1, -0.05) is 6.92 Å². The van der Waals surface area contributed by atoms with Gasteiger partial charge in [0, 0.05) is 26.3 Å². The Bertz CT molecular complexity index is 296. The summed E-state index contributed by atoms with van der Waals surface area (Å²) < 4.78 is 11.5. The van der Waals surface area contributed by atoms with Gasteiger partial charge >= 0.3 is 0 Å². The van der Waals surface area contributed by atoms with Crippen molar-refractivity contribution in [2.45, 2.75) is 25.5 Å². The third kappa shape index (κ3) is 3.90. The quantitative estimate of drug-likeness (QED) is 0.812. The van der Waals surface area contributed by atoms with Crippen molar-refractivity contribution >= 4 is 22.1 Å². The first-order chi connectivity index (χ1) is 6.76. The van der Waals surface area contributed by atoms with Gasteiger partial charge in [-0.25, -0.2) is 0 Å². The van der Waals surface area contributed by atoms with Gasteiger partial charge in [-0.3, -0.25) is 4.21 Å². The lowest BCUT2D eigenvalue weighted by molar-refractivity contribution is 0.680. The lowest BCUT2D eigenvalue weighted by atomic mass is 10.4. The van der Waals surface area contributed by atoms with Crippen LogP contribution >= 0.6 is 11.3 Å². The van der Waals surface area contributed by atoms with E-state index in [9.17, 15) is 4.21 Å². The van der Waals surface area contributed by atoms with Gasteiger partial charge in [-0.05, 0) is 31.5 Å². The smallest absolute Gasteiger partial charge is 0.0579 e. The fourth-order valence-corrected chi connectivity index (χ4v) is 3.59. The van der Waals surface area contributed by atoms with Crippen LogP contribution in [0.4, 0.5) is 0 Å². The molecule has 14 heavy (non-hydrogen) atoms. The lowest BCUT2D eigenvalue weighted by Crippen LogP contribution is -2.06. The minimum absolute atomic E-state index is 0.635. The molecule has 0 spiro atoms. The van der Waals surface area contributed by atoms with E-state index in [0.29, 0.717) is 12.3 Å². The molecule has 0 aliphatic heterocycles. The maximum atomic E-state index is 11.5. The first-order valence-corrected chi connectivity index (χ1v) is 7.19. The van der Waals surface area contributed by atoms with Crippen LogP contribution in [0, 0.1) is 0 Å². The van der Waals surface area contributed by atoms with E-state index in [2.05, 4.69) is 19.1 Å². The molecular formula is C10H17NOS2. The normalized spacial score (nSPS) is 13.0. The molecule has 0 saturated heterocycles. The molecule has 80 valence electrons. The van der Waals surface area contributed by atoms with E-state index < -0.39 is 10.8 Å². The van der Waals surface area contributed by atoms with Crippen LogP contribution in [0.3, 0.4) is 0 Å². The number of nitrogens with two attached hydrogens (primary N) is 1. The third-order valence-corrected chi connectivity index (χ3v) is 4.73. The second kappa shape index (κ2) is 6.32. The summed E-state index contributed by atoms with van der Waals surface area (Å²) in [6.45, 7) is 2.78. The summed E-state index contributed by atoms with van der Waals surface area (Å²) in [5.74, 6) is 1.43. The van der Waals surface area contributed by atoms with Crippen molar-refractivity contribution in [1.29, 1.82) is 0 Å². The summed E-state index contributed by atoms with van der Waals surface area (Å²) in [7, 11) is -0.729. The van der Waals surface area contributed by atoms with Crippen molar-refractivity contribution < 1.29 is 4.21 Å². The first kappa shape index (κ1) is 11.9. The van der Waals surface area contributed by atoms with E-state index >= 15 is 0 Å². The fraction of sp³-hybridized carbons (Fsp3) is 0.600. The van der Waals surface area contributed by atoms with Gasteiger partial charge in [0.15, 0.2) is 0 Å². The molecule has 1 atom stereocenters. The Morgan fingerprint density at radius 2 is 2.14 bits per heavy atom. The van der Waals surface area contributed by atoms with Crippen LogP contribution in [0.1, 0.15) is 23.1 Å². The minimum Gasteiger partial charge on any atom is -0.330 e. The van der Waals surface area contributed by atoms with Gasteiger partial charge in [0.1, 0.15) is 0 Å². The Kier molecular flexibility index (Phi) is 5.37. The van der Waals surface area contributed by atoms with Crippen molar-refractivity contribution in [3.8, 4) is 0 Å². The SMILES string of the molecule is CCc1ccc(CS(=O)CCCN)s1. The summed E-state index contributed by atoms with van der Waals surface area (Å²) in [4.78, 5) is 2.60. The molecule has 1 aromatic rings. The van der Waals surface area contributed by atoms with Gasteiger partial charge in [0.05, 0.1) is 5.75 Å².